The normalized spacial score (nSPS) is 13.0. The lowest BCUT2D eigenvalue weighted by molar-refractivity contribution is 0.159. The summed E-state index contributed by atoms with van der Waals surface area (Å²) in [4.78, 5) is 3.37. The molecule has 1 aromatic heterocycles. The summed E-state index contributed by atoms with van der Waals surface area (Å²) >= 11 is 6.22. The van der Waals surface area contributed by atoms with Crippen molar-refractivity contribution < 1.29 is 14.6 Å². The van der Waals surface area contributed by atoms with Gasteiger partial charge in [0.05, 0.1) is 17.7 Å². The van der Waals surface area contributed by atoms with E-state index in [1.807, 2.05) is 0 Å². The predicted octanol–water partition coefficient (Wildman–Crippen LogP) is 4.49. The lowest BCUT2D eigenvalue weighted by atomic mass is 10.1. The fourth-order valence-corrected chi connectivity index (χ4v) is 2.79. The van der Waals surface area contributed by atoms with Crippen molar-refractivity contribution in [1.82, 2.24) is 10.2 Å². The first-order valence-electron chi connectivity index (χ1n) is 8.14. The third-order valence-corrected chi connectivity index (χ3v) is 4.56. The van der Waals surface area contributed by atoms with Gasteiger partial charge in [0.25, 0.3) is 0 Å². The highest BCUT2D eigenvalue weighted by molar-refractivity contribution is 6.34. The SMILES string of the molecule is [C-]#[N+]c1ccc(N[C@@H](c2nnc(-c3cccc(O)c3)o2)[C@H](C)O)c(C)c1Cl. The fourth-order valence-electron chi connectivity index (χ4n) is 2.59. The van der Waals surface area contributed by atoms with Crippen molar-refractivity contribution in [3.05, 3.63) is 64.3 Å². The molecular weight excluding hydrogens is 368 g/mol. The first-order valence-corrected chi connectivity index (χ1v) is 8.52. The summed E-state index contributed by atoms with van der Waals surface area (Å²) < 4.78 is 5.70. The minimum absolute atomic E-state index is 0.0858. The van der Waals surface area contributed by atoms with Gasteiger partial charge in [0.1, 0.15) is 11.8 Å². The molecule has 0 saturated heterocycles. The Bertz CT molecular complexity index is 1010. The standard InChI is InChI=1S/C19H17ClN4O3/c1-10-14(7-8-15(21-3)16(10)20)22-17(11(2)25)19-24-23-18(27-19)12-5-4-6-13(26)9-12/h4-9,11,17,22,25-26H,1-2H3/t11-,17+/m0/s1. The number of nitrogens with zero attached hydrogens (tertiary/aromatic N) is 3. The van der Waals surface area contributed by atoms with Crippen molar-refractivity contribution in [3.8, 4) is 17.2 Å². The Morgan fingerprint density at radius 1 is 1.26 bits per heavy atom. The van der Waals surface area contributed by atoms with Gasteiger partial charge in [-0.1, -0.05) is 23.7 Å². The van der Waals surface area contributed by atoms with Gasteiger partial charge in [-0.15, -0.1) is 10.2 Å². The highest BCUT2D eigenvalue weighted by Gasteiger charge is 2.25. The molecule has 0 aliphatic rings. The Kier molecular flexibility index (Phi) is 5.31. The van der Waals surface area contributed by atoms with Gasteiger partial charge in [-0.2, -0.15) is 0 Å². The molecule has 0 unspecified atom stereocenters. The van der Waals surface area contributed by atoms with Crippen molar-refractivity contribution in [2.75, 3.05) is 5.32 Å². The van der Waals surface area contributed by atoms with Crippen LogP contribution >= 0.6 is 11.6 Å². The number of aromatic nitrogens is 2. The molecule has 8 heteroatoms. The summed E-state index contributed by atoms with van der Waals surface area (Å²) in [5, 5.41) is 31.3. The van der Waals surface area contributed by atoms with Crippen molar-refractivity contribution in [2.24, 2.45) is 0 Å². The molecule has 3 N–H and O–H groups in total. The third-order valence-electron chi connectivity index (χ3n) is 4.08. The summed E-state index contributed by atoms with van der Waals surface area (Å²) in [7, 11) is 0. The number of benzene rings is 2. The summed E-state index contributed by atoms with van der Waals surface area (Å²) in [5.74, 6) is 0.502. The number of halogens is 1. The second-order valence-corrected chi connectivity index (χ2v) is 6.42. The van der Waals surface area contributed by atoms with Crippen LogP contribution in [-0.2, 0) is 0 Å². The average molecular weight is 385 g/mol. The van der Waals surface area contributed by atoms with E-state index < -0.39 is 12.1 Å². The maximum absolute atomic E-state index is 10.2. The van der Waals surface area contributed by atoms with E-state index in [4.69, 9.17) is 22.6 Å². The van der Waals surface area contributed by atoms with Crippen LogP contribution in [0.3, 0.4) is 0 Å². The first-order chi connectivity index (χ1) is 12.9. The Hall–Kier alpha value is -3.08. The molecule has 0 radical (unpaired) electrons. The summed E-state index contributed by atoms with van der Waals surface area (Å²) in [6.45, 7) is 10.5. The van der Waals surface area contributed by atoms with Crippen LogP contribution in [0.15, 0.2) is 40.8 Å². The van der Waals surface area contributed by atoms with Gasteiger partial charge in [0, 0.05) is 11.3 Å². The summed E-state index contributed by atoms with van der Waals surface area (Å²) in [6, 6.07) is 9.09. The van der Waals surface area contributed by atoms with Crippen LogP contribution in [-0.4, -0.2) is 26.5 Å². The molecule has 27 heavy (non-hydrogen) atoms. The minimum Gasteiger partial charge on any atom is -0.508 e. The topological polar surface area (TPSA) is 95.8 Å². The molecule has 3 aromatic rings. The number of nitrogens with one attached hydrogen (secondary N) is 1. The monoisotopic (exact) mass is 384 g/mol. The number of phenolic OH excluding ortho intramolecular Hbond substituents is 1. The minimum atomic E-state index is -0.846. The molecule has 2 aromatic carbocycles. The van der Waals surface area contributed by atoms with Crippen molar-refractivity contribution in [1.29, 1.82) is 0 Å². The van der Waals surface area contributed by atoms with Crippen molar-refractivity contribution in [3.63, 3.8) is 0 Å². The van der Waals surface area contributed by atoms with Crippen molar-refractivity contribution >= 4 is 23.0 Å². The molecule has 0 aliphatic carbocycles. The van der Waals surface area contributed by atoms with Crippen LogP contribution in [0.2, 0.25) is 5.02 Å². The number of aliphatic hydroxyl groups is 1. The molecule has 0 saturated carbocycles. The molecule has 138 valence electrons. The number of aromatic hydroxyl groups is 1. The number of hydrogen-bond donors (Lipinski definition) is 3. The molecule has 0 aliphatic heterocycles. The molecule has 0 spiro atoms. The van der Waals surface area contributed by atoms with Gasteiger partial charge in [0.15, 0.2) is 0 Å². The zero-order chi connectivity index (χ0) is 19.6. The number of rotatable bonds is 5. The molecular formula is C19H17ClN4O3. The predicted molar refractivity (Wildman–Crippen MR) is 102 cm³/mol. The third kappa shape index (κ3) is 3.87. The van der Waals surface area contributed by atoms with E-state index in [0.717, 1.165) is 0 Å². The Balaban J connectivity index is 1.92. The molecule has 7 nitrogen and oxygen atoms in total. The van der Waals surface area contributed by atoms with Gasteiger partial charge in [-0.05, 0) is 43.7 Å². The van der Waals surface area contributed by atoms with E-state index in [1.165, 1.54) is 6.07 Å². The van der Waals surface area contributed by atoms with E-state index in [-0.39, 0.29) is 17.5 Å². The lowest BCUT2D eigenvalue weighted by Crippen LogP contribution is -2.23. The molecule has 2 atom stereocenters. The maximum Gasteiger partial charge on any atom is 0.247 e. The maximum atomic E-state index is 10.2. The molecule has 0 bridgehead atoms. The zero-order valence-corrected chi connectivity index (χ0v) is 15.4. The van der Waals surface area contributed by atoms with Crippen LogP contribution in [0, 0.1) is 13.5 Å². The summed E-state index contributed by atoms with van der Waals surface area (Å²) in [6.07, 6.45) is -0.846. The van der Waals surface area contributed by atoms with Crippen LogP contribution < -0.4 is 5.32 Å². The van der Waals surface area contributed by atoms with E-state index in [9.17, 15) is 10.2 Å². The Morgan fingerprint density at radius 3 is 2.70 bits per heavy atom. The van der Waals surface area contributed by atoms with Gasteiger partial charge >= 0.3 is 0 Å². The van der Waals surface area contributed by atoms with Crippen LogP contribution in [0.25, 0.3) is 16.3 Å². The zero-order valence-electron chi connectivity index (χ0n) is 14.6. The Labute approximate surface area is 161 Å². The summed E-state index contributed by atoms with van der Waals surface area (Å²) in [5.41, 5.74) is 2.26. The highest BCUT2D eigenvalue weighted by Crippen LogP contribution is 2.35. The van der Waals surface area contributed by atoms with Crippen LogP contribution in [0.5, 0.6) is 5.75 Å². The van der Waals surface area contributed by atoms with E-state index >= 15 is 0 Å². The lowest BCUT2D eigenvalue weighted by Gasteiger charge is -2.21. The van der Waals surface area contributed by atoms with E-state index in [2.05, 4.69) is 20.4 Å². The largest absolute Gasteiger partial charge is 0.508 e. The number of anilines is 1. The second-order valence-electron chi connectivity index (χ2n) is 6.04. The van der Waals surface area contributed by atoms with Gasteiger partial charge < -0.3 is 19.9 Å². The quantitative estimate of drug-likeness (QED) is 0.561. The van der Waals surface area contributed by atoms with Crippen LogP contribution in [0.4, 0.5) is 11.4 Å². The fraction of sp³-hybridized carbons (Fsp3) is 0.211. The molecule has 1 heterocycles. The number of phenols is 1. The van der Waals surface area contributed by atoms with Gasteiger partial charge in [-0.3, -0.25) is 0 Å². The average Bonchev–Trinajstić information content (AvgIpc) is 3.12. The number of aliphatic hydroxyl groups excluding tert-OH is 1. The van der Waals surface area contributed by atoms with E-state index in [1.54, 1.807) is 44.2 Å². The molecule has 0 fully saturated rings. The molecule has 3 rings (SSSR count). The molecule has 0 amide bonds. The second kappa shape index (κ2) is 7.66. The number of hydrogen-bond acceptors (Lipinski definition) is 6. The first kappa shape index (κ1) is 18.7. The Morgan fingerprint density at radius 2 is 2.04 bits per heavy atom. The smallest absolute Gasteiger partial charge is 0.247 e. The van der Waals surface area contributed by atoms with Crippen LogP contribution in [0.1, 0.15) is 24.4 Å². The van der Waals surface area contributed by atoms with Gasteiger partial charge in [-0.25, -0.2) is 4.85 Å². The van der Waals surface area contributed by atoms with Gasteiger partial charge in [0.2, 0.25) is 17.5 Å². The highest BCUT2D eigenvalue weighted by atomic mass is 35.5. The van der Waals surface area contributed by atoms with E-state index in [0.29, 0.717) is 27.5 Å². The van der Waals surface area contributed by atoms with Crippen molar-refractivity contribution in [2.45, 2.75) is 26.0 Å².